The molecule has 0 saturated carbocycles. The number of aromatic nitrogens is 1. The molecule has 166 valence electrons. The number of hydrogen-bond acceptors (Lipinski definition) is 5. The molecule has 1 aromatic heterocycles. The molecule has 1 amide bonds. The largest absolute Gasteiger partial charge is 0.483 e. The lowest BCUT2D eigenvalue weighted by molar-refractivity contribution is -0.118. The number of carbonyl (C=O) groups excluding carboxylic acids is 2. The Morgan fingerprint density at radius 1 is 0.970 bits per heavy atom. The molecule has 0 aliphatic heterocycles. The first kappa shape index (κ1) is 22.3. The Kier molecular flexibility index (Phi) is 6.86. The molecule has 0 unspecified atom stereocenters. The number of ether oxygens (including phenoxy) is 2. The SMILES string of the molecule is CCOC(=O)c1ccc2nc(-c3ccccc3)cc(OCC(=O)Nc3ccccc3Cl)c2c1. The summed E-state index contributed by atoms with van der Waals surface area (Å²) in [5.41, 5.74) is 3.10. The number of para-hydroxylation sites is 1. The van der Waals surface area contributed by atoms with Gasteiger partial charge in [-0.05, 0) is 37.3 Å². The average Bonchev–Trinajstić information content (AvgIpc) is 2.84. The van der Waals surface area contributed by atoms with Gasteiger partial charge in [0.25, 0.3) is 5.91 Å². The molecule has 4 aromatic rings. The number of fused-ring (bicyclic) bond motifs is 1. The van der Waals surface area contributed by atoms with Gasteiger partial charge in [0.1, 0.15) is 5.75 Å². The molecule has 3 aromatic carbocycles. The second kappa shape index (κ2) is 10.1. The number of halogens is 1. The van der Waals surface area contributed by atoms with Crippen LogP contribution >= 0.6 is 11.6 Å². The zero-order valence-corrected chi connectivity index (χ0v) is 18.6. The minimum Gasteiger partial charge on any atom is -0.483 e. The van der Waals surface area contributed by atoms with E-state index < -0.39 is 5.97 Å². The smallest absolute Gasteiger partial charge is 0.338 e. The van der Waals surface area contributed by atoms with Crippen LogP contribution in [0.25, 0.3) is 22.2 Å². The number of nitrogens with one attached hydrogen (secondary N) is 1. The van der Waals surface area contributed by atoms with Crippen LogP contribution in [-0.4, -0.2) is 30.1 Å². The molecule has 0 saturated heterocycles. The number of nitrogens with zero attached hydrogens (tertiary/aromatic N) is 1. The summed E-state index contributed by atoms with van der Waals surface area (Å²) in [6, 6.07) is 23.4. The van der Waals surface area contributed by atoms with Crippen molar-refractivity contribution in [2.75, 3.05) is 18.5 Å². The van der Waals surface area contributed by atoms with Crippen molar-refractivity contribution in [3.05, 3.63) is 89.4 Å². The number of amides is 1. The third-order valence-electron chi connectivity index (χ3n) is 4.86. The summed E-state index contributed by atoms with van der Waals surface area (Å²) in [4.78, 5) is 29.4. The molecule has 0 bridgehead atoms. The summed E-state index contributed by atoms with van der Waals surface area (Å²) in [6.45, 7) is 1.77. The molecule has 0 atom stereocenters. The molecule has 0 radical (unpaired) electrons. The highest BCUT2D eigenvalue weighted by Crippen LogP contribution is 2.31. The van der Waals surface area contributed by atoms with E-state index >= 15 is 0 Å². The van der Waals surface area contributed by atoms with Crippen molar-refractivity contribution < 1.29 is 19.1 Å². The van der Waals surface area contributed by atoms with Gasteiger partial charge in [0.15, 0.2) is 6.61 Å². The summed E-state index contributed by atoms with van der Waals surface area (Å²) in [6.07, 6.45) is 0. The van der Waals surface area contributed by atoms with Crippen molar-refractivity contribution in [1.82, 2.24) is 4.98 Å². The second-order valence-corrected chi connectivity index (χ2v) is 7.55. The summed E-state index contributed by atoms with van der Waals surface area (Å²) in [7, 11) is 0. The van der Waals surface area contributed by atoms with Gasteiger partial charge in [0.2, 0.25) is 0 Å². The summed E-state index contributed by atoms with van der Waals surface area (Å²) in [5.74, 6) is -0.371. The standard InChI is InChI=1S/C26H21ClN2O4/c1-2-32-26(31)18-12-13-21-19(14-18)24(15-23(28-21)17-8-4-3-5-9-17)33-16-25(30)29-22-11-7-6-10-20(22)27/h3-15H,2,16H2,1H3,(H,29,30). The summed E-state index contributed by atoms with van der Waals surface area (Å²) >= 11 is 6.12. The molecule has 0 aliphatic rings. The minimum absolute atomic E-state index is 0.248. The zero-order valence-electron chi connectivity index (χ0n) is 17.9. The maximum Gasteiger partial charge on any atom is 0.338 e. The molecule has 33 heavy (non-hydrogen) atoms. The third kappa shape index (κ3) is 5.30. The molecule has 1 heterocycles. The van der Waals surface area contributed by atoms with Crippen LogP contribution in [0, 0.1) is 0 Å². The first-order chi connectivity index (χ1) is 16.0. The molecule has 7 heteroatoms. The third-order valence-corrected chi connectivity index (χ3v) is 5.19. The normalized spacial score (nSPS) is 10.6. The van der Waals surface area contributed by atoms with Crippen LogP contribution in [0.1, 0.15) is 17.3 Å². The van der Waals surface area contributed by atoms with Gasteiger partial charge in [-0.1, -0.05) is 54.1 Å². The topological polar surface area (TPSA) is 77.5 Å². The molecule has 6 nitrogen and oxygen atoms in total. The second-order valence-electron chi connectivity index (χ2n) is 7.14. The van der Waals surface area contributed by atoms with Gasteiger partial charge in [-0.3, -0.25) is 4.79 Å². The van der Waals surface area contributed by atoms with Gasteiger partial charge >= 0.3 is 5.97 Å². The van der Waals surface area contributed by atoms with Crippen LogP contribution < -0.4 is 10.1 Å². The van der Waals surface area contributed by atoms with Crippen molar-refractivity contribution in [3.63, 3.8) is 0 Å². The Morgan fingerprint density at radius 2 is 1.73 bits per heavy atom. The van der Waals surface area contributed by atoms with Crippen LogP contribution in [-0.2, 0) is 9.53 Å². The molecule has 0 aliphatic carbocycles. The Hall–Kier alpha value is -3.90. The van der Waals surface area contributed by atoms with Crippen LogP contribution in [0.2, 0.25) is 5.02 Å². The van der Waals surface area contributed by atoms with Crippen LogP contribution in [0.15, 0.2) is 78.9 Å². The van der Waals surface area contributed by atoms with Crippen LogP contribution in [0.4, 0.5) is 5.69 Å². The Labute approximate surface area is 196 Å². The van der Waals surface area contributed by atoms with E-state index in [1.165, 1.54) is 0 Å². The van der Waals surface area contributed by atoms with E-state index in [0.29, 0.717) is 38.6 Å². The average molecular weight is 461 g/mol. The molecular weight excluding hydrogens is 440 g/mol. The maximum atomic E-state index is 12.5. The fraction of sp³-hybridized carbons (Fsp3) is 0.115. The predicted octanol–water partition coefficient (Wildman–Crippen LogP) is 5.75. The highest BCUT2D eigenvalue weighted by atomic mass is 35.5. The van der Waals surface area contributed by atoms with E-state index in [9.17, 15) is 9.59 Å². The van der Waals surface area contributed by atoms with E-state index in [2.05, 4.69) is 5.32 Å². The molecule has 0 fully saturated rings. The lowest BCUT2D eigenvalue weighted by atomic mass is 10.1. The first-order valence-corrected chi connectivity index (χ1v) is 10.8. The van der Waals surface area contributed by atoms with E-state index in [0.717, 1.165) is 5.56 Å². The van der Waals surface area contributed by atoms with Gasteiger partial charge in [-0.25, -0.2) is 9.78 Å². The molecule has 4 rings (SSSR count). The summed E-state index contributed by atoms with van der Waals surface area (Å²) < 4.78 is 11.0. The van der Waals surface area contributed by atoms with Gasteiger partial charge < -0.3 is 14.8 Å². The lowest BCUT2D eigenvalue weighted by Gasteiger charge is -2.13. The quantitative estimate of drug-likeness (QED) is 0.355. The summed E-state index contributed by atoms with van der Waals surface area (Å²) in [5, 5.41) is 3.77. The monoisotopic (exact) mass is 460 g/mol. The Balaban J connectivity index is 1.67. The van der Waals surface area contributed by atoms with Crippen molar-refractivity contribution >= 4 is 40.1 Å². The van der Waals surface area contributed by atoms with E-state index in [-0.39, 0.29) is 19.1 Å². The van der Waals surface area contributed by atoms with E-state index in [1.54, 1.807) is 55.5 Å². The van der Waals surface area contributed by atoms with E-state index in [4.69, 9.17) is 26.1 Å². The Morgan fingerprint density at radius 3 is 2.48 bits per heavy atom. The van der Waals surface area contributed by atoms with Crippen molar-refractivity contribution in [2.24, 2.45) is 0 Å². The highest BCUT2D eigenvalue weighted by molar-refractivity contribution is 6.33. The number of pyridine rings is 1. The molecule has 0 spiro atoms. The highest BCUT2D eigenvalue weighted by Gasteiger charge is 2.15. The molecular formula is C26H21ClN2O4. The first-order valence-electron chi connectivity index (χ1n) is 10.4. The van der Waals surface area contributed by atoms with Crippen LogP contribution in [0.5, 0.6) is 5.75 Å². The lowest BCUT2D eigenvalue weighted by Crippen LogP contribution is -2.20. The minimum atomic E-state index is -0.436. The predicted molar refractivity (Wildman–Crippen MR) is 129 cm³/mol. The van der Waals surface area contributed by atoms with Crippen molar-refractivity contribution in [2.45, 2.75) is 6.92 Å². The zero-order chi connectivity index (χ0) is 23.2. The fourth-order valence-electron chi connectivity index (χ4n) is 3.30. The number of benzene rings is 3. The number of rotatable bonds is 7. The number of carbonyl (C=O) groups is 2. The molecule has 1 N–H and O–H groups in total. The van der Waals surface area contributed by atoms with Gasteiger partial charge in [0.05, 0.1) is 34.1 Å². The van der Waals surface area contributed by atoms with Crippen molar-refractivity contribution in [1.29, 1.82) is 0 Å². The number of hydrogen-bond donors (Lipinski definition) is 1. The van der Waals surface area contributed by atoms with Gasteiger partial charge in [-0.2, -0.15) is 0 Å². The van der Waals surface area contributed by atoms with Gasteiger partial charge in [0, 0.05) is 17.0 Å². The fourth-order valence-corrected chi connectivity index (χ4v) is 3.49. The van der Waals surface area contributed by atoms with Crippen molar-refractivity contribution in [3.8, 4) is 17.0 Å². The number of esters is 1. The maximum absolute atomic E-state index is 12.5. The van der Waals surface area contributed by atoms with Gasteiger partial charge in [-0.15, -0.1) is 0 Å². The van der Waals surface area contributed by atoms with Crippen LogP contribution in [0.3, 0.4) is 0 Å². The number of anilines is 1. The Bertz CT molecular complexity index is 1310. The van der Waals surface area contributed by atoms with E-state index in [1.807, 2.05) is 30.3 Å².